The van der Waals surface area contributed by atoms with Crippen LogP contribution in [0.1, 0.15) is 47.0 Å². The van der Waals surface area contributed by atoms with Gasteiger partial charge in [0.05, 0.1) is 6.26 Å². The van der Waals surface area contributed by atoms with Crippen LogP contribution in [0.2, 0.25) is 0 Å². The van der Waals surface area contributed by atoms with Gasteiger partial charge in [0.2, 0.25) is 10.0 Å². The van der Waals surface area contributed by atoms with E-state index in [1.165, 1.54) is 45.2 Å². The monoisotopic (exact) mass is 412 g/mol. The van der Waals surface area contributed by atoms with E-state index in [4.69, 9.17) is 0 Å². The molecule has 0 aromatic rings. The quantitative estimate of drug-likeness (QED) is 0.701. The van der Waals surface area contributed by atoms with E-state index in [-0.39, 0.29) is 5.54 Å². The number of likely N-dealkylation sites (tertiary alicyclic amines) is 1. The molecule has 4 heterocycles. The Kier molecular flexibility index (Phi) is 5.62. The molecule has 4 aliphatic heterocycles. The number of nitrogens with zero attached hydrogens (tertiary/aromatic N) is 4. The number of hydrogen-bond donors (Lipinski definition) is 0. The zero-order valence-electron chi connectivity index (χ0n) is 18.5. The smallest absolute Gasteiger partial charge is 0.211 e. The highest BCUT2D eigenvalue weighted by Crippen LogP contribution is 2.36. The molecule has 7 heteroatoms. The number of piperazine rings is 1. The molecule has 0 saturated carbocycles. The molecule has 0 aromatic carbocycles. The van der Waals surface area contributed by atoms with Crippen molar-refractivity contribution in [2.45, 2.75) is 70.6 Å². The fraction of sp³-hybridized carbons (Fsp3) is 1.00. The van der Waals surface area contributed by atoms with Crippen molar-refractivity contribution in [2.75, 3.05) is 52.1 Å². The summed E-state index contributed by atoms with van der Waals surface area (Å²) in [5, 5.41) is 0. The Hall–Kier alpha value is -0.210. The summed E-state index contributed by atoms with van der Waals surface area (Å²) in [4.78, 5) is 8.11. The molecule has 0 spiro atoms. The van der Waals surface area contributed by atoms with E-state index >= 15 is 0 Å². The molecule has 4 unspecified atom stereocenters. The van der Waals surface area contributed by atoms with E-state index in [1.807, 2.05) is 0 Å². The summed E-state index contributed by atoms with van der Waals surface area (Å²) in [5.41, 5.74) is 0.282. The van der Waals surface area contributed by atoms with Crippen molar-refractivity contribution in [1.82, 2.24) is 19.0 Å². The lowest BCUT2D eigenvalue weighted by Gasteiger charge is -2.46. The zero-order valence-corrected chi connectivity index (χ0v) is 19.3. The van der Waals surface area contributed by atoms with Crippen LogP contribution in [-0.2, 0) is 10.0 Å². The van der Waals surface area contributed by atoms with Crippen molar-refractivity contribution in [2.24, 2.45) is 11.8 Å². The van der Waals surface area contributed by atoms with Crippen LogP contribution in [0.15, 0.2) is 0 Å². The Balaban J connectivity index is 1.29. The first-order valence-corrected chi connectivity index (χ1v) is 13.1. The first-order chi connectivity index (χ1) is 13.0. The lowest BCUT2D eigenvalue weighted by Crippen LogP contribution is -2.58. The normalized spacial score (nSPS) is 37.3. The van der Waals surface area contributed by atoms with E-state index in [2.05, 4.69) is 42.4 Å². The molecule has 4 aliphatic rings. The summed E-state index contributed by atoms with van der Waals surface area (Å²) in [6.45, 7) is 16.7. The minimum atomic E-state index is -3.03. The van der Waals surface area contributed by atoms with E-state index in [9.17, 15) is 8.42 Å². The molecule has 0 aliphatic carbocycles. The lowest BCUT2D eigenvalue weighted by atomic mass is 10.0. The third kappa shape index (κ3) is 4.15. The van der Waals surface area contributed by atoms with E-state index in [0.29, 0.717) is 17.9 Å². The van der Waals surface area contributed by atoms with Crippen LogP contribution in [0.3, 0.4) is 0 Å². The lowest BCUT2D eigenvalue weighted by molar-refractivity contribution is 0.0201. The van der Waals surface area contributed by atoms with Gasteiger partial charge in [0.1, 0.15) is 0 Å². The van der Waals surface area contributed by atoms with Gasteiger partial charge in [-0.1, -0.05) is 0 Å². The number of rotatable bonds is 4. The summed E-state index contributed by atoms with van der Waals surface area (Å²) in [7, 11) is -3.03. The Morgan fingerprint density at radius 3 is 2.18 bits per heavy atom. The maximum Gasteiger partial charge on any atom is 0.211 e. The summed E-state index contributed by atoms with van der Waals surface area (Å²) < 4.78 is 25.4. The first-order valence-electron chi connectivity index (χ1n) is 11.2. The van der Waals surface area contributed by atoms with Crippen LogP contribution < -0.4 is 0 Å². The molecular weight excluding hydrogens is 372 g/mol. The summed E-state index contributed by atoms with van der Waals surface area (Å²) >= 11 is 0. The topological polar surface area (TPSA) is 47.1 Å². The van der Waals surface area contributed by atoms with Crippen LogP contribution in [0, 0.1) is 11.8 Å². The molecule has 162 valence electrons. The minimum Gasteiger partial charge on any atom is -0.300 e. The van der Waals surface area contributed by atoms with Gasteiger partial charge in [-0.25, -0.2) is 12.7 Å². The Bertz CT molecular complexity index is 662. The van der Waals surface area contributed by atoms with Crippen LogP contribution in [0.5, 0.6) is 0 Å². The molecule has 4 rings (SSSR count). The van der Waals surface area contributed by atoms with Gasteiger partial charge in [-0.05, 0) is 58.8 Å². The van der Waals surface area contributed by atoms with Gasteiger partial charge in [0.25, 0.3) is 0 Å². The highest BCUT2D eigenvalue weighted by molar-refractivity contribution is 7.88. The molecule has 4 saturated heterocycles. The average Bonchev–Trinajstić information content (AvgIpc) is 3.25. The SMILES string of the molecule is CC(CC1CC[C@H]2CN(C(C)(C)C)CCN12)N1CC2CN(S(C)(=O)=O)CC2C1. The highest BCUT2D eigenvalue weighted by atomic mass is 32.2. The van der Waals surface area contributed by atoms with Crippen LogP contribution >= 0.6 is 0 Å². The second-order valence-electron chi connectivity index (χ2n) is 10.9. The zero-order chi connectivity index (χ0) is 20.3. The maximum atomic E-state index is 11.8. The standard InChI is InChI=1S/C21H40N4O2S/c1-16(22-11-17-13-24(28(5,26)27)14-18(17)12-22)10-19-6-7-20-15-23(21(2,3)4)8-9-25(19)20/h16-20H,6-15H2,1-5H3/t16?,17?,18?,19?,20-/m0/s1. The molecule has 6 nitrogen and oxygen atoms in total. The van der Waals surface area contributed by atoms with Crippen LogP contribution in [0.25, 0.3) is 0 Å². The second kappa shape index (κ2) is 7.49. The van der Waals surface area contributed by atoms with Crippen molar-refractivity contribution in [3.63, 3.8) is 0 Å². The van der Waals surface area contributed by atoms with Gasteiger partial charge < -0.3 is 0 Å². The number of fused-ring (bicyclic) bond motifs is 2. The molecule has 5 atom stereocenters. The molecular formula is C21H40N4O2S. The molecule has 28 heavy (non-hydrogen) atoms. The second-order valence-corrected chi connectivity index (χ2v) is 12.9. The third-order valence-corrected chi connectivity index (χ3v) is 9.20. The fourth-order valence-corrected chi connectivity index (χ4v) is 7.10. The molecule has 0 N–H and O–H groups in total. The Morgan fingerprint density at radius 2 is 1.61 bits per heavy atom. The first kappa shape index (κ1) is 21.0. The maximum absolute atomic E-state index is 11.8. The number of hydrogen-bond acceptors (Lipinski definition) is 5. The van der Waals surface area contributed by atoms with Gasteiger partial charge in [0, 0.05) is 69.5 Å². The minimum absolute atomic E-state index is 0.282. The predicted octanol–water partition coefficient (Wildman–Crippen LogP) is 1.54. The van der Waals surface area contributed by atoms with E-state index in [1.54, 1.807) is 4.31 Å². The Labute approximate surface area is 172 Å². The van der Waals surface area contributed by atoms with Gasteiger partial charge in [-0.3, -0.25) is 14.7 Å². The largest absolute Gasteiger partial charge is 0.300 e. The van der Waals surface area contributed by atoms with E-state index in [0.717, 1.165) is 38.3 Å². The summed E-state index contributed by atoms with van der Waals surface area (Å²) in [6.07, 6.45) is 5.31. The van der Waals surface area contributed by atoms with Crippen LogP contribution in [-0.4, -0.2) is 103 Å². The number of sulfonamides is 1. The van der Waals surface area contributed by atoms with Gasteiger partial charge in [-0.15, -0.1) is 0 Å². The molecule has 0 aromatic heterocycles. The molecule has 4 fully saturated rings. The van der Waals surface area contributed by atoms with Crippen molar-refractivity contribution in [3.05, 3.63) is 0 Å². The summed E-state index contributed by atoms with van der Waals surface area (Å²) in [6, 6.07) is 2.07. The molecule has 0 bridgehead atoms. The van der Waals surface area contributed by atoms with Crippen molar-refractivity contribution in [3.8, 4) is 0 Å². The van der Waals surface area contributed by atoms with Crippen molar-refractivity contribution in [1.29, 1.82) is 0 Å². The van der Waals surface area contributed by atoms with Gasteiger partial charge in [-0.2, -0.15) is 0 Å². The fourth-order valence-electron chi connectivity index (χ4n) is 6.18. The molecule has 0 amide bonds. The predicted molar refractivity (Wildman–Crippen MR) is 114 cm³/mol. The van der Waals surface area contributed by atoms with Gasteiger partial charge >= 0.3 is 0 Å². The van der Waals surface area contributed by atoms with E-state index < -0.39 is 10.0 Å². The van der Waals surface area contributed by atoms with Crippen molar-refractivity contribution >= 4 is 10.0 Å². The molecule has 0 radical (unpaired) electrons. The van der Waals surface area contributed by atoms with Crippen molar-refractivity contribution < 1.29 is 8.42 Å². The summed E-state index contributed by atoms with van der Waals surface area (Å²) in [5.74, 6) is 1.06. The average molecular weight is 413 g/mol. The third-order valence-electron chi connectivity index (χ3n) is 7.97. The van der Waals surface area contributed by atoms with Gasteiger partial charge in [0.15, 0.2) is 0 Å². The van der Waals surface area contributed by atoms with Crippen LogP contribution in [0.4, 0.5) is 0 Å². The Morgan fingerprint density at radius 1 is 0.964 bits per heavy atom. The highest BCUT2D eigenvalue weighted by Gasteiger charge is 2.45.